The van der Waals surface area contributed by atoms with Crippen LogP contribution in [0.2, 0.25) is 0 Å². The van der Waals surface area contributed by atoms with Crippen LogP contribution < -0.4 is 5.32 Å². The zero-order chi connectivity index (χ0) is 11.6. The molecule has 1 aliphatic heterocycles. The molecule has 4 heteroatoms. The molecule has 0 radical (unpaired) electrons. The quantitative estimate of drug-likeness (QED) is 0.772. The second-order valence-electron chi connectivity index (χ2n) is 3.50. The fourth-order valence-electron chi connectivity index (χ4n) is 1.69. The molecule has 1 N–H and O–H groups in total. The Morgan fingerprint density at radius 1 is 1.00 bits per heavy atom. The molecule has 1 aromatic rings. The molecule has 1 nitrogen and oxygen atoms in total. The standard InChI is InChI=1S/C12H10F3N/c13-12(14,15)11-4-2-1-3-10(11)9-5-7-16-8-6-9/h1-9,16H. The highest BCUT2D eigenvalue weighted by atomic mass is 19.4. The van der Waals surface area contributed by atoms with Crippen molar-refractivity contribution in [3.8, 4) is 0 Å². The van der Waals surface area contributed by atoms with Gasteiger partial charge in [-0.05, 0) is 24.0 Å². The van der Waals surface area contributed by atoms with Crippen molar-refractivity contribution in [3.63, 3.8) is 0 Å². The first-order valence-corrected chi connectivity index (χ1v) is 4.84. The maximum atomic E-state index is 12.7. The van der Waals surface area contributed by atoms with Gasteiger partial charge in [0.2, 0.25) is 0 Å². The van der Waals surface area contributed by atoms with Crippen LogP contribution in [0.1, 0.15) is 17.0 Å². The Balaban J connectivity index is 2.44. The van der Waals surface area contributed by atoms with Gasteiger partial charge in [-0.2, -0.15) is 13.2 Å². The smallest absolute Gasteiger partial charge is 0.368 e. The van der Waals surface area contributed by atoms with Crippen LogP contribution in [-0.4, -0.2) is 0 Å². The maximum absolute atomic E-state index is 12.7. The molecule has 1 aromatic carbocycles. The molecule has 0 saturated carbocycles. The maximum Gasteiger partial charge on any atom is 0.416 e. The highest BCUT2D eigenvalue weighted by Crippen LogP contribution is 2.36. The van der Waals surface area contributed by atoms with Crippen molar-refractivity contribution in [2.75, 3.05) is 0 Å². The van der Waals surface area contributed by atoms with Crippen LogP contribution in [0.4, 0.5) is 13.2 Å². The van der Waals surface area contributed by atoms with E-state index in [4.69, 9.17) is 0 Å². The molecule has 1 aliphatic rings. The first-order valence-electron chi connectivity index (χ1n) is 4.84. The van der Waals surface area contributed by atoms with Gasteiger partial charge in [-0.15, -0.1) is 0 Å². The molecule has 2 rings (SSSR count). The average Bonchev–Trinajstić information content (AvgIpc) is 2.29. The fourth-order valence-corrected chi connectivity index (χ4v) is 1.69. The van der Waals surface area contributed by atoms with Gasteiger partial charge in [-0.25, -0.2) is 0 Å². The summed E-state index contributed by atoms with van der Waals surface area (Å²) in [6.07, 6.45) is 2.37. The van der Waals surface area contributed by atoms with Crippen molar-refractivity contribution in [3.05, 3.63) is 59.9 Å². The summed E-state index contributed by atoms with van der Waals surface area (Å²) in [4.78, 5) is 0. The summed E-state index contributed by atoms with van der Waals surface area (Å²) in [7, 11) is 0. The number of rotatable bonds is 1. The minimum atomic E-state index is -4.30. The average molecular weight is 225 g/mol. The van der Waals surface area contributed by atoms with Crippen molar-refractivity contribution >= 4 is 0 Å². The summed E-state index contributed by atoms with van der Waals surface area (Å²) < 4.78 is 38.2. The minimum absolute atomic E-state index is 0.281. The summed E-state index contributed by atoms with van der Waals surface area (Å²) in [5.41, 5.74) is -0.291. The summed E-state index contributed by atoms with van der Waals surface area (Å²) >= 11 is 0. The van der Waals surface area contributed by atoms with E-state index in [9.17, 15) is 13.2 Å². The molecule has 0 saturated heterocycles. The number of dihydropyridines is 1. The number of hydrogen-bond acceptors (Lipinski definition) is 1. The van der Waals surface area contributed by atoms with Crippen LogP contribution in [0.5, 0.6) is 0 Å². The largest absolute Gasteiger partial charge is 0.416 e. The number of hydrogen-bond donors (Lipinski definition) is 1. The third-order valence-electron chi connectivity index (χ3n) is 2.42. The van der Waals surface area contributed by atoms with Crippen LogP contribution in [0.15, 0.2) is 48.8 Å². The van der Waals surface area contributed by atoms with Crippen LogP contribution in [0, 0.1) is 0 Å². The molecule has 0 spiro atoms. The molecule has 0 unspecified atom stereocenters. The molecular weight excluding hydrogens is 215 g/mol. The summed E-state index contributed by atoms with van der Waals surface area (Å²) in [5, 5.41) is 2.80. The van der Waals surface area contributed by atoms with Crippen LogP contribution in [0.25, 0.3) is 0 Å². The van der Waals surface area contributed by atoms with Gasteiger partial charge in [-0.1, -0.05) is 30.4 Å². The monoisotopic (exact) mass is 225 g/mol. The lowest BCUT2D eigenvalue weighted by atomic mass is 9.93. The number of benzene rings is 1. The second kappa shape index (κ2) is 4.04. The lowest BCUT2D eigenvalue weighted by Crippen LogP contribution is -2.12. The predicted molar refractivity (Wildman–Crippen MR) is 55.6 cm³/mol. The first kappa shape index (κ1) is 10.8. The third kappa shape index (κ3) is 2.10. The van der Waals surface area contributed by atoms with Crippen molar-refractivity contribution < 1.29 is 13.2 Å². The Hall–Kier alpha value is -1.71. The van der Waals surface area contributed by atoms with Gasteiger partial charge in [0.25, 0.3) is 0 Å². The number of alkyl halides is 3. The zero-order valence-corrected chi connectivity index (χ0v) is 8.33. The Morgan fingerprint density at radius 2 is 1.62 bits per heavy atom. The molecule has 0 aromatic heterocycles. The molecule has 0 aliphatic carbocycles. The number of halogens is 3. The van der Waals surface area contributed by atoms with Gasteiger partial charge in [0.1, 0.15) is 0 Å². The van der Waals surface area contributed by atoms with E-state index in [0.29, 0.717) is 0 Å². The highest BCUT2D eigenvalue weighted by Gasteiger charge is 2.34. The number of nitrogens with one attached hydrogen (secondary N) is 1. The van der Waals surface area contributed by atoms with E-state index in [2.05, 4.69) is 5.32 Å². The van der Waals surface area contributed by atoms with E-state index in [-0.39, 0.29) is 11.5 Å². The van der Waals surface area contributed by atoms with Gasteiger partial charge in [-0.3, -0.25) is 0 Å². The molecule has 1 heterocycles. The SMILES string of the molecule is FC(F)(F)c1ccccc1C1C=CNC=C1. The summed E-state index contributed by atoms with van der Waals surface area (Å²) in [5.74, 6) is -0.320. The van der Waals surface area contributed by atoms with Crippen molar-refractivity contribution in [1.29, 1.82) is 0 Å². The third-order valence-corrected chi connectivity index (χ3v) is 2.42. The van der Waals surface area contributed by atoms with E-state index in [0.717, 1.165) is 6.07 Å². The van der Waals surface area contributed by atoms with Gasteiger partial charge in [0, 0.05) is 5.92 Å². The van der Waals surface area contributed by atoms with Gasteiger partial charge >= 0.3 is 6.18 Å². The van der Waals surface area contributed by atoms with Crippen LogP contribution >= 0.6 is 0 Å². The summed E-state index contributed by atoms with van der Waals surface area (Å²) in [6, 6.07) is 5.64. The highest BCUT2D eigenvalue weighted by molar-refractivity contribution is 5.38. The minimum Gasteiger partial charge on any atom is -0.368 e. The Kier molecular flexibility index (Phi) is 2.73. The van der Waals surface area contributed by atoms with Gasteiger partial charge in [0.05, 0.1) is 5.56 Å². The molecule has 0 fully saturated rings. The van der Waals surface area contributed by atoms with E-state index in [1.165, 1.54) is 12.1 Å². The fraction of sp³-hybridized carbons (Fsp3) is 0.167. The Morgan fingerprint density at radius 3 is 2.25 bits per heavy atom. The molecule has 0 amide bonds. The first-order chi connectivity index (χ1) is 7.59. The van der Waals surface area contributed by atoms with E-state index >= 15 is 0 Å². The second-order valence-corrected chi connectivity index (χ2v) is 3.50. The molecular formula is C12H10F3N. The Labute approximate surface area is 91.3 Å². The molecule has 0 bridgehead atoms. The topological polar surface area (TPSA) is 12.0 Å². The van der Waals surface area contributed by atoms with Crippen molar-refractivity contribution in [2.45, 2.75) is 12.1 Å². The summed E-state index contributed by atoms with van der Waals surface area (Å²) in [6.45, 7) is 0. The molecule has 84 valence electrons. The normalized spacial score (nSPS) is 16.2. The molecule has 0 atom stereocenters. The van der Waals surface area contributed by atoms with Crippen LogP contribution in [-0.2, 0) is 6.18 Å². The Bertz CT molecular complexity index is 420. The lowest BCUT2D eigenvalue weighted by molar-refractivity contribution is -0.138. The number of allylic oxidation sites excluding steroid dienone is 2. The molecule has 16 heavy (non-hydrogen) atoms. The van der Waals surface area contributed by atoms with Crippen LogP contribution in [0.3, 0.4) is 0 Å². The van der Waals surface area contributed by atoms with Gasteiger partial charge in [0.15, 0.2) is 0 Å². The van der Waals surface area contributed by atoms with E-state index < -0.39 is 11.7 Å². The van der Waals surface area contributed by atoms with E-state index in [1.807, 2.05) is 0 Å². The van der Waals surface area contributed by atoms with Crippen molar-refractivity contribution in [2.24, 2.45) is 0 Å². The zero-order valence-electron chi connectivity index (χ0n) is 8.33. The van der Waals surface area contributed by atoms with Gasteiger partial charge < -0.3 is 5.32 Å². The van der Waals surface area contributed by atoms with Crippen molar-refractivity contribution in [1.82, 2.24) is 5.32 Å². The van der Waals surface area contributed by atoms with E-state index in [1.54, 1.807) is 30.6 Å². The predicted octanol–water partition coefficient (Wildman–Crippen LogP) is 3.42. The lowest BCUT2D eigenvalue weighted by Gasteiger charge is -2.18.